The van der Waals surface area contributed by atoms with Gasteiger partial charge in [0.25, 0.3) is 15.9 Å². The third kappa shape index (κ3) is 4.33. The second kappa shape index (κ2) is 8.43. The molecule has 0 fully saturated rings. The zero-order valence-corrected chi connectivity index (χ0v) is 18.8. The largest absolute Gasteiger partial charge is 0.322 e. The van der Waals surface area contributed by atoms with E-state index in [4.69, 9.17) is 0 Å². The number of benzene rings is 3. The van der Waals surface area contributed by atoms with Crippen LogP contribution in [0.1, 0.15) is 28.4 Å². The molecular formula is C23H23N5O3S. The fourth-order valence-electron chi connectivity index (χ4n) is 3.29. The van der Waals surface area contributed by atoms with Crippen molar-refractivity contribution in [3.05, 3.63) is 77.4 Å². The molecule has 4 rings (SSSR count). The van der Waals surface area contributed by atoms with Crippen molar-refractivity contribution in [1.29, 1.82) is 0 Å². The molecule has 8 nitrogen and oxygen atoms in total. The van der Waals surface area contributed by atoms with E-state index in [1.54, 1.807) is 41.1 Å². The highest BCUT2D eigenvalue weighted by molar-refractivity contribution is 7.92. The Morgan fingerprint density at radius 1 is 0.938 bits per heavy atom. The van der Waals surface area contributed by atoms with E-state index in [2.05, 4.69) is 20.4 Å². The smallest absolute Gasteiger partial charge is 0.261 e. The summed E-state index contributed by atoms with van der Waals surface area (Å²) in [4.78, 5) is 12.7. The SMILES string of the molecule is CCn1nnc2cc(C(=O)Nc3ccc(S(=O)(=O)Nc4ccc(C)c(C)c4)cc3)ccc21. The van der Waals surface area contributed by atoms with E-state index >= 15 is 0 Å². The number of aryl methyl sites for hydroxylation is 3. The first-order valence-electron chi connectivity index (χ1n) is 10.1. The van der Waals surface area contributed by atoms with Gasteiger partial charge in [0, 0.05) is 23.5 Å². The van der Waals surface area contributed by atoms with Crippen LogP contribution >= 0.6 is 0 Å². The van der Waals surface area contributed by atoms with Gasteiger partial charge in [0.2, 0.25) is 0 Å². The van der Waals surface area contributed by atoms with Gasteiger partial charge in [0.15, 0.2) is 0 Å². The molecule has 4 aromatic rings. The number of sulfonamides is 1. The summed E-state index contributed by atoms with van der Waals surface area (Å²) in [5.74, 6) is -0.318. The minimum atomic E-state index is -3.75. The Morgan fingerprint density at radius 3 is 2.34 bits per heavy atom. The molecule has 164 valence electrons. The maximum absolute atomic E-state index is 12.7. The predicted molar refractivity (Wildman–Crippen MR) is 124 cm³/mol. The van der Waals surface area contributed by atoms with E-state index in [1.807, 2.05) is 32.9 Å². The number of carbonyl (C=O) groups is 1. The zero-order chi connectivity index (χ0) is 22.9. The number of anilines is 2. The molecule has 0 aliphatic heterocycles. The Kier molecular flexibility index (Phi) is 5.67. The number of amides is 1. The predicted octanol–water partition coefficient (Wildman–Crippen LogP) is 4.12. The van der Waals surface area contributed by atoms with Crippen molar-refractivity contribution in [3.8, 4) is 0 Å². The minimum absolute atomic E-state index is 0.103. The fraction of sp³-hybridized carbons (Fsp3) is 0.174. The van der Waals surface area contributed by atoms with Crippen molar-refractivity contribution in [1.82, 2.24) is 15.0 Å². The Bertz CT molecular complexity index is 1410. The summed E-state index contributed by atoms with van der Waals surface area (Å²) in [6, 6.07) is 16.6. The van der Waals surface area contributed by atoms with Crippen LogP contribution in [0.5, 0.6) is 0 Å². The van der Waals surface area contributed by atoms with E-state index in [0.29, 0.717) is 29.0 Å². The van der Waals surface area contributed by atoms with Crippen LogP contribution in [0.2, 0.25) is 0 Å². The highest BCUT2D eigenvalue weighted by Gasteiger charge is 2.15. The van der Waals surface area contributed by atoms with Gasteiger partial charge in [-0.15, -0.1) is 5.10 Å². The highest BCUT2D eigenvalue weighted by atomic mass is 32.2. The number of aromatic nitrogens is 3. The first kappa shape index (κ1) is 21.5. The maximum atomic E-state index is 12.7. The zero-order valence-electron chi connectivity index (χ0n) is 18.0. The average Bonchev–Trinajstić information content (AvgIpc) is 3.19. The number of hydrogen-bond acceptors (Lipinski definition) is 5. The molecule has 1 amide bonds. The van der Waals surface area contributed by atoms with E-state index in [0.717, 1.165) is 16.6 Å². The molecule has 3 aromatic carbocycles. The Morgan fingerprint density at radius 2 is 1.66 bits per heavy atom. The van der Waals surface area contributed by atoms with E-state index in [9.17, 15) is 13.2 Å². The van der Waals surface area contributed by atoms with E-state index < -0.39 is 10.0 Å². The summed E-state index contributed by atoms with van der Waals surface area (Å²) in [5.41, 5.74) is 5.00. The second-order valence-electron chi connectivity index (χ2n) is 7.49. The molecule has 0 unspecified atom stereocenters. The maximum Gasteiger partial charge on any atom is 0.261 e. The van der Waals surface area contributed by atoms with Gasteiger partial charge in [-0.2, -0.15) is 0 Å². The molecule has 0 saturated carbocycles. The molecule has 0 aliphatic carbocycles. The Labute approximate surface area is 186 Å². The molecule has 1 aromatic heterocycles. The molecule has 1 heterocycles. The second-order valence-corrected chi connectivity index (χ2v) is 9.17. The molecule has 9 heteroatoms. The van der Waals surface area contributed by atoms with Crippen LogP contribution in [0.25, 0.3) is 11.0 Å². The first-order chi connectivity index (χ1) is 15.3. The standard InChI is InChI=1S/C23H23N5O3S/c1-4-28-22-12-6-17(14-21(22)25-27-28)23(29)24-18-8-10-20(11-9-18)32(30,31)26-19-7-5-15(2)16(3)13-19/h5-14,26H,4H2,1-3H3,(H,24,29). The van der Waals surface area contributed by atoms with Gasteiger partial charge in [0.05, 0.1) is 10.4 Å². The van der Waals surface area contributed by atoms with Crippen molar-refractivity contribution in [2.45, 2.75) is 32.2 Å². The summed E-state index contributed by atoms with van der Waals surface area (Å²) in [7, 11) is -3.75. The van der Waals surface area contributed by atoms with Crippen LogP contribution in [0.3, 0.4) is 0 Å². The van der Waals surface area contributed by atoms with Gasteiger partial charge in [-0.3, -0.25) is 9.52 Å². The normalized spacial score (nSPS) is 11.5. The number of nitrogens with zero attached hydrogens (tertiary/aromatic N) is 3. The summed E-state index contributed by atoms with van der Waals surface area (Å²) in [5, 5.41) is 10.9. The van der Waals surface area contributed by atoms with Gasteiger partial charge in [0.1, 0.15) is 5.52 Å². The summed E-state index contributed by atoms with van der Waals surface area (Å²) in [6.45, 7) is 6.55. The van der Waals surface area contributed by atoms with E-state index in [1.165, 1.54) is 12.1 Å². The first-order valence-corrected chi connectivity index (χ1v) is 11.6. The van der Waals surface area contributed by atoms with Crippen LogP contribution in [0, 0.1) is 13.8 Å². The fourth-order valence-corrected chi connectivity index (χ4v) is 4.34. The van der Waals surface area contributed by atoms with Crippen molar-refractivity contribution < 1.29 is 13.2 Å². The third-order valence-electron chi connectivity index (χ3n) is 5.26. The van der Waals surface area contributed by atoms with Crippen LogP contribution in [-0.2, 0) is 16.6 Å². The average molecular weight is 450 g/mol. The van der Waals surface area contributed by atoms with Crippen molar-refractivity contribution in [2.75, 3.05) is 10.0 Å². The van der Waals surface area contributed by atoms with Crippen LogP contribution < -0.4 is 10.0 Å². The Balaban J connectivity index is 1.48. The number of fused-ring (bicyclic) bond motifs is 1. The number of nitrogens with one attached hydrogen (secondary N) is 2. The van der Waals surface area contributed by atoms with Gasteiger partial charge < -0.3 is 5.32 Å². The summed E-state index contributed by atoms with van der Waals surface area (Å²) in [6.07, 6.45) is 0. The molecule has 0 aliphatic rings. The molecule has 0 atom stereocenters. The third-order valence-corrected chi connectivity index (χ3v) is 6.65. The summed E-state index contributed by atoms with van der Waals surface area (Å²) < 4.78 is 29.7. The molecule has 0 radical (unpaired) electrons. The van der Waals surface area contributed by atoms with Crippen molar-refractivity contribution in [3.63, 3.8) is 0 Å². The van der Waals surface area contributed by atoms with Crippen LogP contribution in [0.4, 0.5) is 11.4 Å². The van der Waals surface area contributed by atoms with Gasteiger partial charge in [-0.05, 0) is 86.5 Å². The lowest BCUT2D eigenvalue weighted by atomic mass is 10.1. The molecular weight excluding hydrogens is 426 g/mol. The van der Waals surface area contributed by atoms with Gasteiger partial charge >= 0.3 is 0 Å². The molecule has 0 spiro atoms. The Hall–Kier alpha value is -3.72. The molecule has 0 saturated heterocycles. The summed E-state index contributed by atoms with van der Waals surface area (Å²) >= 11 is 0. The van der Waals surface area contributed by atoms with Crippen LogP contribution in [-0.4, -0.2) is 29.3 Å². The molecule has 32 heavy (non-hydrogen) atoms. The van der Waals surface area contributed by atoms with Crippen molar-refractivity contribution in [2.24, 2.45) is 0 Å². The number of carbonyl (C=O) groups excluding carboxylic acids is 1. The van der Waals surface area contributed by atoms with Crippen molar-refractivity contribution >= 4 is 38.3 Å². The lowest BCUT2D eigenvalue weighted by Crippen LogP contribution is -2.14. The van der Waals surface area contributed by atoms with Gasteiger partial charge in [-0.1, -0.05) is 11.3 Å². The monoisotopic (exact) mass is 449 g/mol. The number of rotatable bonds is 6. The quantitative estimate of drug-likeness (QED) is 0.461. The molecule has 0 bridgehead atoms. The minimum Gasteiger partial charge on any atom is -0.322 e. The van der Waals surface area contributed by atoms with Gasteiger partial charge in [-0.25, -0.2) is 13.1 Å². The number of hydrogen-bond donors (Lipinski definition) is 2. The van der Waals surface area contributed by atoms with E-state index in [-0.39, 0.29) is 10.8 Å². The highest BCUT2D eigenvalue weighted by Crippen LogP contribution is 2.21. The van der Waals surface area contributed by atoms with Crippen LogP contribution in [0.15, 0.2) is 65.6 Å². The molecule has 2 N–H and O–H groups in total. The lowest BCUT2D eigenvalue weighted by molar-refractivity contribution is 0.102. The topological polar surface area (TPSA) is 106 Å². The lowest BCUT2D eigenvalue weighted by Gasteiger charge is -2.11.